The van der Waals surface area contributed by atoms with Gasteiger partial charge in [-0.3, -0.25) is 9.59 Å². The molecule has 0 atom stereocenters. The van der Waals surface area contributed by atoms with Crippen molar-refractivity contribution >= 4 is 44.5 Å². The molecule has 28 heavy (non-hydrogen) atoms. The molecule has 0 amide bonds. The van der Waals surface area contributed by atoms with E-state index in [-0.39, 0.29) is 17.3 Å². The number of aliphatic carboxylic acids is 1. The van der Waals surface area contributed by atoms with E-state index in [2.05, 4.69) is 15.9 Å². The van der Waals surface area contributed by atoms with Crippen LogP contribution in [0.3, 0.4) is 0 Å². The van der Waals surface area contributed by atoms with Gasteiger partial charge in [0.1, 0.15) is 11.5 Å². The smallest absolute Gasteiger partial charge is 0.306 e. The number of fused-ring (bicyclic) bond motifs is 1. The van der Waals surface area contributed by atoms with Crippen molar-refractivity contribution in [3.05, 3.63) is 62.2 Å². The molecule has 0 unspecified atom stereocenters. The Hall–Kier alpha value is -2.31. The average molecular weight is 464 g/mol. The van der Waals surface area contributed by atoms with Gasteiger partial charge in [0.2, 0.25) is 0 Å². The maximum atomic E-state index is 12.5. The second-order valence-corrected chi connectivity index (χ2v) is 8.24. The van der Waals surface area contributed by atoms with Crippen LogP contribution in [0.25, 0.3) is 22.3 Å². The summed E-state index contributed by atoms with van der Waals surface area (Å²) in [6, 6.07) is 11.9. The van der Waals surface area contributed by atoms with E-state index in [1.807, 2.05) is 6.07 Å². The lowest BCUT2D eigenvalue weighted by molar-refractivity contribution is -0.146. The summed E-state index contributed by atoms with van der Waals surface area (Å²) >= 11 is 9.63. The summed E-state index contributed by atoms with van der Waals surface area (Å²) in [5.74, 6) is 0.0873. The van der Waals surface area contributed by atoms with Gasteiger partial charge in [-0.15, -0.1) is 0 Å². The van der Waals surface area contributed by atoms with Crippen LogP contribution < -0.4 is 10.2 Å². The zero-order valence-corrected chi connectivity index (χ0v) is 17.0. The largest absolute Gasteiger partial charge is 0.492 e. The second-order valence-electron chi connectivity index (χ2n) is 6.92. The summed E-state index contributed by atoms with van der Waals surface area (Å²) in [6.45, 7) is 0.409. The molecule has 1 fully saturated rings. The fourth-order valence-electron chi connectivity index (χ4n) is 3.38. The third kappa shape index (κ3) is 3.66. The molecule has 4 rings (SSSR count). The molecular formula is C21H16BrClO5. The van der Waals surface area contributed by atoms with E-state index in [0.29, 0.717) is 52.5 Å². The lowest BCUT2D eigenvalue weighted by Gasteiger charge is -2.32. The number of carboxylic acids is 1. The highest BCUT2D eigenvalue weighted by atomic mass is 79.9. The van der Waals surface area contributed by atoms with Gasteiger partial charge in [-0.2, -0.15) is 0 Å². The van der Waals surface area contributed by atoms with E-state index in [4.69, 9.17) is 25.9 Å². The molecule has 0 saturated heterocycles. The molecule has 2 aromatic carbocycles. The van der Waals surface area contributed by atoms with Crippen LogP contribution in [-0.2, 0) is 4.79 Å². The Kier molecular flexibility index (Phi) is 5.17. The Morgan fingerprint density at radius 1 is 1.25 bits per heavy atom. The summed E-state index contributed by atoms with van der Waals surface area (Å²) < 4.78 is 12.7. The molecule has 7 heteroatoms. The summed E-state index contributed by atoms with van der Waals surface area (Å²) in [4.78, 5) is 23.5. The monoisotopic (exact) mass is 462 g/mol. The number of carbonyl (C=O) groups is 1. The lowest BCUT2D eigenvalue weighted by atomic mass is 9.75. The molecule has 144 valence electrons. The van der Waals surface area contributed by atoms with Crippen LogP contribution >= 0.6 is 27.5 Å². The van der Waals surface area contributed by atoms with Crippen molar-refractivity contribution in [2.24, 2.45) is 11.8 Å². The molecule has 0 radical (unpaired) electrons. The van der Waals surface area contributed by atoms with Gasteiger partial charge in [0.05, 0.1) is 28.5 Å². The van der Waals surface area contributed by atoms with E-state index in [1.54, 1.807) is 30.3 Å². The molecule has 1 aliphatic carbocycles. The number of halogens is 2. The standard InChI is InChI=1S/C21H16BrClO5/c22-13-4-5-15(18(8-13)27-10-11-6-12(7-11)21(25)26)19-9-17(24)14-2-1-3-16(23)20(14)28-19/h1-5,8-9,11-12H,6-7,10H2,(H,25,26)/t11-,12+. The van der Waals surface area contributed by atoms with Gasteiger partial charge >= 0.3 is 5.97 Å². The number of para-hydroxylation sites is 1. The summed E-state index contributed by atoms with van der Waals surface area (Å²) in [6.07, 6.45) is 1.22. The maximum absolute atomic E-state index is 12.5. The third-order valence-corrected chi connectivity index (χ3v) is 5.77. The van der Waals surface area contributed by atoms with Gasteiger partial charge in [0.25, 0.3) is 0 Å². The molecule has 0 spiro atoms. The number of hydrogen-bond donors (Lipinski definition) is 1. The van der Waals surface area contributed by atoms with Crippen molar-refractivity contribution < 1.29 is 19.1 Å². The Morgan fingerprint density at radius 2 is 2.04 bits per heavy atom. The lowest BCUT2D eigenvalue weighted by Crippen LogP contribution is -2.33. The molecule has 1 heterocycles. The first-order valence-corrected chi connectivity index (χ1v) is 9.97. The van der Waals surface area contributed by atoms with Gasteiger partial charge in [-0.25, -0.2) is 0 Å². The van der Waals surface area contributed by atoms with Crippen LogP contribution in [0.1, 0.15) is 12.8 Å². The van der Waals surface area contributed by atoms with Crippen molar-refractivity contribution in [1.82, 2.24) is 0 Å². The van der Waals surface area contributed by atoms with Gasteiger partial charge < -0.3 is 14.3 Å². The van der Waals surface area contributed by atoms with E-state index in [1.165, 1.54) is 6.07 Å². The van der Waals surface area contributed by atoms with Crippen molar-refractivity contribution in [1.29, 1.82) is 0 Å². The Balaban J connectivity index is 1.65. The average Bonchev–Trinajstić information content (AvgIpc) is 2.61. The Morgan fingerprint density at radius 3 is 2.79 bits per heavy atom. The highest BCUT2D eigenvalue weighted by Gasteiger charge is 2.34. The van der Waals surface area contributed by atoms with Crippen LogP contribution in [0.15, 0.2) is 56.1 Å². The Bertz CT molecular complexity index is 1120. The first-order valence-electron chi connectivity index (χ1n) is 8.80. The molecule has 1 aromatic heterocycles. The highest BCUT2D eigenvalue weighted by Crippen LogP contribution is 2.38. The third-order valence-electron chi connectivity index (χ3n) is 4.98. The molecule has 0 aliphatic heterocycles. The minimum atomic E-state index is -0.755. The van der Waals surface area contributed by atoms with Gasteiger partial charge in [0.15, 0.2) is 11.0 Å². The summed E-state index contributed by atoms with van der Waals surface area (Å²) in [7, 11) is 0. The van der Waals surface area contributed by atoms with Crippen molar-refractivity contribution in [3.8, 4) is 17.1 Å². The maximum Gasteiger partial charge on any atom is 0.306 e. The molecule has 1 aliphatic rings. The van der Waals surface area contributed by atoms with E-state index in [0.717, 1.165) is 4.47 Å². The normalized spacial score (nSPS) is 18.6. The van der Waals surface area contributed by atoms with Crippen molar-refractivity contribution in [2.45, 2.75) is 12.8 Å². The summed E-state index contributed by atoms with van der Waals surface area (Å²) in [5, 5.41) is 9.79. The number of ether oxygens (including phenoxy) is 1. The fraction of sp³-hybridized carbons (Fsp3) is 0.238. The topological polar surface area (TPSA) is 76.7 Å². The van der Waals surface area contributed by atoms with Crippen molar-refractivity contribution in [2.75, 3.05) is 6.61 Å². The number of carboxylic acid groups (broad SMARTS) is 1. The zero-order chi connectivity index (χ0) is 19.8. The van der Waals surface area contributed by atoms with Crippen LogP contribution in [-0.4, -0.2) is 17.7 Å². The number of benzene rings is 2. The molecule has 1 saturated carbocycles. The molecule has 1 N–H and O–H groups in total. The first kappa shape index (κ1) is 19.0. The fourth-order valence-corrected chi connectivity index (χ4v) is 3.93. The Labute approximate surface area is 174 Å². The second kappa shape index (κ2) is 7.60. The highest BCUT2D eigenvalue weighted by molar-refractivity contribution is 9.10. The van der Waals surface area contributed by atoms with Crippen LogP contribution in [0, 0.1) is 11.8 Å². The van der Waals surface area contributed by atoms with Gasteiger partial charge in [-0.1, -0.05) is 33.6 Å². The van der Waals surface area contributed by atoms with Crippen LogP contribution in [0.4, 0.5) is 0 Å². The predicted molar refractivity (Wildman–Crippen MR) is 110 cm³/mol. The van der Waals surface area contributed by atoms with Crippen molar-refractivity contribution in [3.63, 3.8) is 0 Å². The summed E-state index contributed by atoms with van der Waals surface area (Å²) in [5.41, 5.74) is 0.788. The minimum Gasteiger partial charge on any atom is -0.492 e. The van der Waals surface area contributed by atoms with Crippen LogP contribution in [0.5, 0.6) is 5.75 Å². The number of hydrogen-bond acceptors (Lipinski definition) is 4. The molecule has 5 nitrogen and oxygen atoms in total. The quantitative estimate of drug-likeness (QED) is 0.551. The van der Waals surface area contributed by atoms with Crippen LogP contribution in [0.2, 0.25) is 5.02 Å². The van der Waals surface area contributed by atoms with Gasteiger partial charge in [0, 0.05) is 10.5 Å². The van der Waals surface area contributed by atoms with E-state index < -0.39 is 5.97 Å². The van der Waals surface area contributed by atoms with E-state index in [9.17, 15) is 9.59 Å². The number of rotatable bonds is 5. The zero-order valence-electron chi connectivity index (χ0n) is 14.7. The SMILES string of the molecule is O=c1cc(-c2ccc(Br)cc2OC[C@H]2C[C@@H](C(=O)O)C2)oc2c(Cl)cccc12. The minimum absolute atomic E-state index is 0.184. The van der Waals surface area contributed by atoms with Gasteiger partial charge in [-0.05, 0) is 49.1 Å². The predicted octanol–water partition coefficient (Wildman–Crippen LogP) is 5.37. The molecule has 0 bridgehead atoms. The van der Waals surface area contributed by atoms with E-state index >= 15 is 0 Å². The molecular weight excluding hydrogens is 448 g/mol. The molecule has 3 aromatic rings. The first-order chi connectivity index (χ1) is 13.4.